The molecule has 10 heteroatoms. The number of nitrogens with zero attached hydrogens (tertiary/aromatic N) is 4. The number of aryl methyl sites for hydroxylation is 3. The highest BCUT2D eigenvalue weighted by atomic mass is 35.5. The third-order valence-electron chi connectivity index (χ3n) is 4.31. The molecule has 0 aromatic carbocycles. The third-order valence-corrected chi connectivity index (χ3v) is 4.85. The van der Waals surface area contributed by atoms with E-state index in [1.54, 1.807) is 11.6 Å². The fraction of sp³-hybridized carbons (Fsp3) is 0.588. The molecule has 1 atom stereocenters. The van der Waals surface area contributed by atoms with Crippen LogP contribution < -0.4 is 5.32 Å². The lowest BCUT2D eigenvalue weighted by Gasteiger charge is -2.13. The quantitative estimate of drug-likeness (QED) is 0.717. The maximum absolute atomic E-state index is 12.7. The van der Waals surface area contributed by atoms with Crippen LogP contribution in [0.25, 0.3) is 0 Å². The zero-order valence-electron chi connectivity index (χ0n) is 15.7. The van der Waals surface area contributed by atoms with Gasteiger partial charge in [-0.1, -0.05) is 18.5 Å². The zero-order valence-corrected chi connectivity index (χ0v) is 16.4. The van der Waals surface area contributed by atoms with Gasteiger partial charge in [-0.15, -0.1) is 0 Å². The number of hydrogen-bond acceptors (Lipinski definition) is 3. The first kappa shape index (κ1) is 21.3. The van der Waals surface area contributed by atoms with Crippen LogP contribution in [0, 0.1) is 26.7 Å². The number of hydrogen-bond donors (Lipinski definition) is 1. The molecule has 0 bridgehead atoms. The summed E-state index contributed by atoms with van der Waals surface area (Å²) < 4.78 is 41.1. The number of rotatable bonds is 7. The second-order valence-electron chi connectivity index (χ2n) is 6.60. The van der Waals surface area contributed by atoms with E-state index in [1.807, 2.05) is 13.8 Å². The third kappa shape index (κ3) is 5.24. The van der Waals surface area contributed by atoms with E-state index in [0.29, 0.717) is 30.2 Å². The van der Waals surface area contributed by atoms with E-state index in [1.165, 1.54) is 11.6 Å². The van der Waals surface area contributed by atoms with Crippen molar-refractivity contribution in [2.45, 2.75) is 53.4 Å². The molecule has 0 saturated heterocycles. The summed E-state index contributed by atoms with van der Waals surface area (Å²) in [5.74, 6) is -0.738. The number of aromatic nitrogens is 4. The van der Waals surface area contributed by atoms with Crippen molar-refractivity contribution in [3.05, 3.63) is 33.9 Å². The average Bonchev–Trinajstić information content (AvgIpc) is 3.06. The van der Waals surface area contributed by atoms with Crippen molar-refractivity contribution in [3.63, 3.8) is 0 Å². The van der Waals surface area contributed by atoms with Gasteiger partial charge in [0.1, 0.15) is 0 Å². The topological polar surface area (TPSA) is 64.7 Å². The van der Waals surface area contributed by atoms with Crippen molar-refractivity contribution in [1.29, 1.82) is 0 Å². The Hall–Kier alpha value is -2.03. The van der Waals surface area contributed by atoms with Crippen LogP contribution in [0.2, 0.25) is 5.02 Å². The molecule has 1 amide bonds. The summed E-state index contributed by atoms with van der Waals surface area (Å²) in [5, 5.41) is 11.3. The number of carbonyl (C=O) groups excluding carboxylic acids is 1. The largest absolute Gasteiger partial charge is 0.435 e. The molecule has 0 saturated carbocycles. The second-order valence-corrected chi connectivity index (χ2v) is 6.98. The molecule has 0 aliphatic rings. The molecule has 2 heterocycles. The van der Waals surface area contributed by atoms with Gasteiger partial charge in [-0.05, 0) is 33.3 Å². The number of alkyl halides is 3. The van der Waals surface area contributed by atoms with Crippen molar-refractivity contribution < 1.29 is 18.0 Å². The minimum absolute atomic E-state index is 0.0841. The molecular formula is C17H23ClF3N5O. The fourth-order valence-corrected chi connectivity index (χ4v) is 2.82. The minimum atomic E-state index is -4.49. The van der Waals surface area contributed by atoms with Gasteiger partial charge in [-0.3, -0.25) is 14.2 Å². The highest BCUT2D eigenvalue weighted by Gasteiger charge is 2.34. The van der Waals surface area contributed by atoms with Crippen LogP contribution in [0.4, 0.5) is 13.2 Å². The Kier molecular flexibility index (Phi) is 6.56. The highest BCUT2D eigenvalue weighted by Crippen LogP contribution is 2.28. The number of carbonyl (C=O) groups is 1. The molecule has 2 rings (SSSR count). The van der Waals surface area contributed by atoms with Crippen LogP contribution in [0.3, 0.4) is 0 Å². The van der Waals surface area contributed by atoms with Crippen LogP contribution in [-0.2, 0) is 24.1 Å². The van der Waals surface area contributed by atoms with Gasteiger partial charge in [0.05, 0.1) is 28.9 Å². The normalized spacial score (nSPS) is 13.0. The monoisotopic (exact) mass is 405 g/mol. The summed E-state index contributed by atoms with van der Waals surface area (Å²) in [5.41, 5.74) is 1.06. The van der Waals surface area contributed by atoms with Gasteiger partial charge in [0.25, 0.3) is 0 Å². The summed E-state index contributed by atoms with van der Waals surface area (Å²) in [7, 11) is 0. The molecule has 2 aromatic heterocycles. The Morgan fingerprint density at radius 3 is 2.44 bits per heavy atom. The molecule has 1 N–H and O–H groups in total. The molecule has 6 nitrogen and oxygen atoms in total. The first-order valence-electron chi connectivity index (χ1n) is 8.59. The van der Waals surface area contributed by atoms with Gasteiger partial charge in [0.15, 0.2) is 5.69 Å². The Labute approximate surface area is 160 Å². The Morgan fingerprint density at radius 1 is 1.26 bits per heavy atom. The summed E-state index contributed by atoms with van der Waals surface area (Å²) in [6, 6.07) is 0.976. The first-order chi connectivity index (χ1) is 12.5. The van der Waals surface area contributed by atoms with Crippen molar-refractivity contribution in [2.75, 3.05) is 6.54 Å². The maximum Gasteiger partial charge on any atom is 0.435 e. The van der Waals surface area contributed by atoms with Gasteiger partial charge >= 0.3 is 6.18 Å². The molecule has 2 aromatic rings. The molecular weight excluding hydrogens is 383 g/mol. The standard InChI is InChI=1S/C17H23ClF3N5O/c1-10(9-26-11(2)8-14(24-26)17(19,20)21)16(27)22-6-5-7-25-13(4)15(18)12(3)23-25/h8,10H,5-7,9H2,1-4H3,(H,22,27). The Balaban J connectivity index is 1.82. The van der Waals surface area contributed by atoms with Crippen molar-refractivity contribution in [1.82, 2.24) is 24.9 Å². The second kappa shape index (κ2) is 8.33. The van der Waals surface area contributed by atoms with Crippen LogP contribution in [0.5, 0.6) is 0 Å². The Morgan fingerprint density at radius 2 is 1.93 bits per heavy atom. The lowest BCUT2D eigenvalue weighted by molar-refractivity contribution is -0.141. The lowest BCUT2D eigenvalue weighted by Crippen LogP contribution is -2.33. The minimum Gasteiger partial charge on any atom is -0.356 e. The number of halogens is 4. The highest BCUT2D eigenvalue weighted by molar-refractivity contribution is 6.31. The van der Waals surface area contributed by atoms with E-state index in [4.69, 9.17) is 11.6 Å². The average molecular weight is 406 g/mol. The summed E-state index contributed by atoms with van der Waals surface area (Å²) in [6.07, 6.45) is -3.83. The fourth-order valence-electron chi connectivity index (χ4n) is 2.68. The molecule has 0 spiro atoms. The van der Waals surface area contributed by atoms with E-state index in [9.17, 15) is 18.0 Å². The van der Waals surface area contributed by atoms with Crippen molar-refractivity contribution in [2.24, 2.45) is 5.92 Å². The molecule has 27 heavy (non-hydrogen) atoms. The molecule has 0 radical (unpaired) electrons. The van der Waals surface area contributed by atoms with Gasteiger partial charge in [-0.25, -0.2) is 0 Å². The van der Waals surface area contributed by atoms with Gasteiger partial charge < -0.3 is 5.32 Å². The number of nitrogens with one attached hydrogen (secondary N) is 1. The predicted molar refractivity (Wildman–Crippen MR) is 95.5 cm³/mol. The van der Waals surface area contributed by atoms with Crippen LogP contribution >= 0.6 is 11.6 Å². The van der Waals surface area contributed by atoms with Crippen LogP contribution in [-0.4, -0.2) is 32.0 Å². The van der Waals surface area contributed by atoms with Crippen LogP contribution in [0.15, 0.2) is 6.07 Å². The summed E-state index contributed by atoms with van der Waals surface area (Å²) in [4.78, 5) is 12.2. The maximum atomic E-state index is 12.7. The molecule has 1 unspecified atom stereocenters. The van der Waals surface area contributed by atoms with E-state index < -0.39 is 17.8 Å². The van der Waals surface area contributed by atoms with Crippen LogP contribution in [0.1, 0.15) is 36.1 Å². The van der Waals surface area contributed by atoms with Gasteiger partial charge in [0, 0.05) is 18.8 Å². The predicted octanol–water partition coefficient (Wildman–Crippen LogP) is 3.52. The lowest BCUT2D eigenvalue weighted by atomic mass is 10.1. The number of amides is 1. The molecule has 0 aliphatic carbocycles. The molecule has 150 valence electrons. The van der Waals surface area contributed by atoms with Gasteiger partial charge in [0.2, 0.25) is 5.91 Å². The Bertz CT molecular complexity index is 812. The van der Waals surface area contributed by atoms with E-state index >= 15 is 0 Å². The van der Waals surface area contributed by atoms with Crippen molar-refractivity contribution in [3.8, 4) is 0 Å². The summed E-state index contributed by atoms with van der Waals surface area (Å²) in [6.45, 7) is 8.03. The van der Waals surface area contributed by atoms with Gasteiger partial charge in [-0.2, -0.15) is 23.4 Å². The van der Waals surface area contributed by atoms with Crippen molar-refractivity contribution >= 4 is 17.5 Å². The summed E-state index contributed by atoms with van der Waals surface area (Å²) >= 11 is 6.09. The smallest absolute Gasteiger partial charge is 0.356 e. The van der Waals surface area contributed by atoms with E-state index in [2.05, 4.69) is 15.5 Å². The molecule has 0 aliphatic heterocycles. The first-order valence-corrected chi connectivity index (χ1v) is 8.97. The molecule has 0 fully saturated rings. The van der Waals surface area contributed by atoms with E-state index in [-0.39, 0.29) is 12.5 Å². The SMILES string of the molecule is Cc1nn(CCCNC(=O)C(C)Cn2nc(C(F)(F)F)cc2C)c(C)c1Cl. The zero-order chi connectivity index (χ0) is 20.4. The van der Waals surface area contributed by atoms with E-state index in [0.717, 1.165) is 17.5 Å².